The van der Waals surface area contributed by atoms with Crippen LogP contribution in [-0.2, 0) is 30.2 Å². The topological polar surface area (TPSA) is 114 Å². The number of carbonyl (C=O) groups excluding carboxylic acids is 3. The van der Waals surface area contributed by atoms with Gasteiger partial charge in [-0.25, -0.2) is 14.4 Å². The molecule has 0 aliphatic carbocycles. The molecule has 2 rings (SSSR count). The molecule has 2 aromatic rings. The summed E-state index contributed by atoms with van der Waals surface area (Å²) in [5.41, 5.74) is -9.73. The molecule has 0 aliphatic heterocycles. The molecule has 0 saturated carbocycles. The van der Waals surface area contributed by atoms with Crippen molar-refractivity contribution < 1.29 is 55.3 Å². The molecule has 0 saturated heterocycles. The van der Waals surface area contributed by atoms with Gasteiger partial charge in [0.05, 0.1) is 13.2 Å². The van der Waals surface area contributed by atoms with Crippen molar-refractivity contribution in [2.75, 3.05) is 18.5 Å². The van der Waals surface area contributed by atoms with Gasteiger partial charge >= 0.3 is 30.3 Å². The number of benzene rings is 2. The molecule has 2 atom stereocenters. The fraction of sp³-hybridized carbons (Fsp3) is 0.375. The summed E-state index contributed by atoms with van der Waals surface area (Å²) in [6.07, 6.45) is -10.9. The van der Waals surface area contributed by atoms with Crippen LogP contribution in [0.4, 0.5) is 36.8 Å². The smallest absolute Gasteiger partial charge is 0.432 e. The van der Waals surface area contributed by atoms with Crippen molar-refractivity contribution in [1.82, 2.24) is 5.32 Å². The molecular formula is C24H24F6N2O6. The third-order valence-corrected chi connectivity index (χ3v) is 5.39. The Labute approximate surface area is 212 Å². The quantitative estimate of drug-likeness (QED) is 0.331. The van der Waals surface area contributed by atoms with Crippen molar-refractivity contribution in [3.63, 3.8) is 0 Å². The second kappa shape index (κ2) is 11.3. The fourth-order valence-electron chi connectivity index (χ4n) is 3.50. The molecule has 14 heteroatoms. The largest absolute Gasteiger partial charge is 0.464 e. The minimum Gasteiger partial charge on any atom is -0.464 e. The highest BCUT2D eigenvalue weighted by molar-refractivity contribution is 5.96. The number of aliphatic hydroxyl groups is 1. The van der Waals surface area contributed by atoms with E-state index >= 15 is 0 Å². The number of hydrogen-bond donors (Lipinski definition) is 3. The lowest BCUT2D eigenvalue weighted by Gasteiger charge is -2.34. The molecule has 0 aromatic heterocycles. The van der Waals surface area contributed by atoms with Crippen LogP contribution in [0.2, 0.25) is 0 Å². The molecular weight excluding hydrogens is 526 g/mol. The monoisotopic (exact) mass is 550 g/mol. The number of carbonyl (C=O) groups is 3. The number of halogens is 6. The summed E-state index contributed by atoms with van der Waals surface area (Å²) in [6, 6.07) is 6.36. The molecule has 2 amide bonds. The zero-order chi connectivity index (χ0) is 28.9. The first-order valence-corrected chi connectivity index (χ1v) is 11.0. The third-order valence-electron chi connectivity index (χ3n) is 5.39. The number of nitrogens with one attached hydrogen (secondary N) is 2. The Morgan fingerprint density at radius 3 is 1.84 bits per heavy atom. The van der Waals surface area contributed by atoms with Gasteiger partial charge in [-0.2, -0.15) is 26.3 Å². The van der Waals surface area contributed by atoms with E-state index in [1.165, 1.54) is 39.0 Å². The van der Waals surface area contributed by atoms with E-state index in [1.807, 2.05) is 5.32 Å². The van der Waals surface area contributed by atoms with Crippen LogP contribution >= 0.6 is 0 Å². The minimum absolute atomic E-state index is 0.168. The van der Waals surface area contributed by atoms with E-state index in [0.717, 1.165) is 18.2 Å². The van der Waals surface area contributed by atoms with E-state index in [4.69, 9.17) is 0 Å². The predicted molar refractivity (Wildman–Crippen MR) is 121 cm³/mol. The van der Waals surface area contributed by atoms with Crippen LogP contribution in [0, 0.1) is 6.92 Å². The molecule has 2 aromatic carbocycles. The number of hydrogen-bond acceptors (Lipinski definition) is 6. The van der Waals surface area contributed by atoms with Crippen molar-refractivity contribution in [1.29, 1.82) is 0 Å². The van der Waals surface area contributed by atoms with Gasteiger partial charge in [0.2, 0.25) is 0 Å². The lowest BCUT2D eigenvalue weighted by Crippen LogP contribution is -2.62. The number of alkyl halides is 6. The Hall–Kier alpha value is -3.81. The standard InChI is InChI=1S/C24H24F6N2O6/c1-4-37-18(33)21(23(25,26)27,15-9-7-6-8-10-15)32-20(35)31-17-12-11-16(13-14(17)3)22(36,24(28,29)30)19(34)38-5-2/h6-13,36H,4-5H2,1-3H3,(H2,31,32,35). The average Bonchev–Trinajstić information content (AvgIpc) is 2.82. The number of amides is 2. The highest BCUT2D eigenvalue weighted by atomic mass is 19.4. The van der Waals surface area contributed by atoms with Crippen LogP contribution in [0.1, 0.15) is 30.5 Å². The number of esters is 2. The second-order valence-electron chi connectivity index (χ2n) is 7.87. The molecule has 3 N–H and O–H groups in total. The molecule has 0 aliphatic rings. The van der Waals surface area contributed by atoms with Gasteiger partial charge in [-0.3, -0.25) is 0 Å². The fourth-order valence-corrected chi connectivity index (χ4v) is 3.50. The van der Waals surface area contributed by atoms with E-state index in [0.29, 0.717) is 12.1 Å². The first kappa shape index (κ1) is 30.4. The van der Waals surface area contributed by atoms with Gasteiger partial charge in [-0.05, 0) is 38.0 Å². The molecule has 38 heavy (non-hydrogen) atoms. The Balaban J connectivity index is 2.48. The molecule has 208 valence electrons. The van der Waals surface area contributed by atoms with Gasteiger partial charge in [-0.1, -0.05) is 42.5 Å². The third kappa shape index (κ3) is 5.69. The number of anilines is 1. The number of rotatable bonds is 8. The van der Waals surface area contributed by atoms with Crippen molar-refractivity contribution in [2.24, 2.45) is 0 Å². The molecule has 0 bridgehead atoms. The lowest BCUT2D eigenvalue weighted by molar-refractivity contribution is -0.267. The van der Waals surface area contributed by atoms with Crippen LogP contribution in [0.25, 0.3) is 0 Å². The second-order valence-corrected chi connectivity index (χ2v) is 7.87. The Bertz CT molecular complexity index is 1170. The molecule has 0 radical (unpaired) electrons. The van der Waals surface area contributed by atoms with Gasteiger partial charge in [-0.15, -0.1) is 0 Å². The van der Waals surface area contributed by atoms with Crippen molar-refractivity contribution in [3.8, 4) is 0 Å². The van der Waals surface area contributed by atoms with Crippen molar-refractivity contribution in [3.05, 3.63) is 65.2 Å². The summed E-state index contributed by atoms with van der Waals surface area (Å²) in [5, 5.41) is 13.9. The van der Waals surface area contributed by atoms with Crippen LogP contribution in [0.3, 0.4) is 0 Å². The highest BCUT2D eigenvalue weighted by Gasteiger charge is 2.64. The Morgan fingerprint density at radius 2 is 1.37 bits per heavy atom. The van der Waals surface area contributed by atoms with Gasteiger partial charge in [0.1, 0.15) is 0 Å². The predicted octanol–water partition coefficient (Wildman–Crippen LogP) is 4.45. The number of ether oxygens (including phenoxy) is 2. The molecule has 8 nitrogen and oxygen atoms in total. The van der Waals surface area contributed by atoms with Gasteiger partial charge in [0, 0.05) is 11.3 Å². The van der Waals surface area contributed by atoms with E-state index in [2.05, 4.69) is 9.47 Å². The van der Waals surface area contributed by atoms with E-state index in [9.17, 15) is 45.8 Å². The summed E-state index contributed by atoms with van der Waals surface area (Å²) in [6.45, 7) is 2.78. The van der Waals surface area contributed by atoms with Crippen LogP contribution in [-0.4, -0.2) is 48.6 Å². The van der Waals surface area contributed by atoms with E-state index < -0.39 is 65.8 Å². The Kier molecular flexibility index (Phi) is 9.04. The maximum atomic E-state index is 14.3. The summed E-state index contributed by atoms with van der Waals surface area (Å²) < 4.78 is 92.8. The Morgan fingerprint density at radius 1 is 0.816 bits per heavy atom. The molecule has 0 heterocycles. The van der Waals surface area contributed by atoms with Crippen LogP contribution in [0.5, 0.6) is 0 Å². The van der Waals surface area contributed by atoms with Gasteiger partial charge in [0.25, 0.3) is 11.1 Å². The number of urea groups is 1. The van der Waals surface area contributed by atoms with Crippen molar-refractivity contribution >= 4 is 23.7 Å². The van der Waals surface area contributed by atoms with Crippen LogP contribution < -0.4 is 10.6 Å². The van der Waals surface area contributed by atoms with E-state index in [1.54, 1.807) is 5.32 Å². The zero-order valence-electron chi connectivity index (χ0n) is 20.3. The lowest BCUT2D eigenvalue weighted by atomic mass is 9.89. The highest BCUT2D eigenvalue weighted by Crippen LogP contribution is 2.42. The van der Waals surface area contributed by atoms with Crippen molar-refractivity contribution in [2.45, 2.75) is 44.3 Å². The SMILES string of the molecule is CCOC(=O)C(O)(c1ccc(NC(=O)NC(C(=O)OCC)(c2ccccc2)C(F)(F)F)c(C)c1)C(F)(F)F. The average molecular weight is 550 g/mol. The molecule has 2 unspecified atom stereocenters. The number of aryl methyl sites for hydroxylation is 1. The maximum absolute atomic E-state index is 14.3. The normalized spacial score (nSPS) is 15.0. The van der Waals surface area contributed by atoms with Gasteiger partial charge < -0.3 is 25.2 Å². The maximum Gasteiger partial charge on any atom is 0.432 e. The van der Waals surface area contributed by atoms with Gasteiger partial charge in [0.15, 0.2) is 0 Å². The molecule has 0 fully saturated rings. The molecule has 0 spiro atoms. The summed E-state index contributed by atoms with van der Waals surface area (Å²) in [7, 11) is 0. The first-order chi connectivity index (χ1) is 17.6. The zero-order valence-corrected chi connectivity index (χ0v) is 20.3. The summed E-state index contributed by atoms with van der Waals surface area (Å²) in [5.74, 6) is -3.80. The van der Waals surface area contributed by atoms with Crippen LogP contribution in [0.15, 0.2) is 48.5 Å². The van der Waals surface area contributed by atoms with E-state index in [-0.39, 0.29) is 11.3 Å². The summed E-state index contributed by atoms with van der Waals surface area (Å²) in [4.78, 5) is 37.2. The minimum atomic E-state index is -5.49. The first-order valence-electron chi connectivity index (χ1n) is 11.0. The summed E-state index contributed by atoms with van der Waals surface area (Å²) >= 11 is 0.